The Morgan fingerprint density at radius 1 is 1.14 bits per heavy atom. The molecule has 0 saturated heterocycles. The third kappa shape index (κ3) is 3.30. The van der Waals surface area contributed by atoms with Gasteiger partial charge >= 0.3 is 0 Å². The fourth-order valence-electron chi connectivity index (χ4n) is 3.44. The Labute approximate surface area is 173 Å². The van der Waals surface area contributed by atoms with Crippen LogP contribution in [0, 0.1) is 5.82 Å². The summed E-state index contributed by atoms with van der Waals surface area (Å²) >= 11 is 4.57. The average molecular weight is 460 g/mol. The van der Waals surface area contributed by atoms with Gasteiger partial charge in [-0.2, -0.15) is 0 Å². The van der Waals surface area contributed by atoms with Gasteiger partial charge in [-0.3, -0.25) is 9.59 Å². The van der Waals surface area contributed by atoms with E-state index in [1.165, 1.54) is 28.4 Å². The van der Waals surface area contributed by atoms with E-state index in [4.69, 9.17) is 0 Å². The Bertz CT molecular complexity index is 1080. The Morgan fingerprint density at radius 3 is 2.64 bits per heavy atom. The van der Waals surface area contributed by atoms with Crippen molar-refractivity contribution in [3.05, 3.63) is 86.3 Å². The summed E-state index contributed by atoms with van der Waals surface area (Å²) in [6.07, 6.45) is -0.352. The van der Waals surface area contributed by atoms with Crippen molar-refractivity contribution in [2.24, 2.45) is 0 Å². The number of ketones is 1. The van der Waals surface area contributed by atoms with E-state index in [1.54, 1.807) is 48.5 Å². The number of benzene rings is 2. The summed E-state index contributed by atoms with van der Waals surface area (Å²) in [5.41, 5.74) is -0.432. The van der Waals surface area contributed by atoms with Crippen LogP contribution >= 0.6 is 27.3 Å². The van der Waals surface area contributed by atoms with Crippen LogP contribution < -0.4 is 4.90 Å². The molecular weight excluding hydrogens is 445 g/mol. The second-order valence-electron chi connectivity index (χ2n) is 6.60. The molecule has 1 atom stereocenters. The number of hydrogen-bond donors (Lipinski definition) is 1. The summed E-state index contributed by atoms with van der Waals surface area (Å²) in [5, 5.41) is 11.3. The van der Waals surface area contributed by atoms with Gasteiger partial charge < -0.3 is 10.0 Å². The molecule has 1 unspecified atom stereocenters. The van der Waals surface area contributed by atoms with Gasteiger partial charge in [-0.25, -0.2) is 4.39 Å². The van der Waals surface area contributed by atoms with Gasteiger partial charge in [-0.1, -0.05) is 30.3 Å². The second-order valence-corrected chi connectivity index (χ2v) is 9.07. The summed E-state index contributed by atoms with van der Waals surface area (Å²) in [6, 6.07) is 16.2. The lowest BCUT2D eigenvalue weighted by atomic mass is 9.89. The van der Waals surface area contributed by atoms with E-state index in [9.17, 15) is 19.1 Å². The number of carbonyl (C=O) groups excluding carboxylic acids is 2. The molecule has 0 fully saturated rings. The molecule has 2 aromatic carbocycles. The first-order chi connectivity index (χ1) is 13.4. The van der Waals surface area contributed by atoms with Gasteiger partial charge in [0.15, 0.2) is 11.4 Å². The third-order valence-corrected chi connectivity index (χ3v) is 6.40. The van der Waals surface area contributed by atoms with Crippen molar-refractivity contribution >= 4 is 44.6 Å². The smallest absolute Gasteiger partial charge is 0.264 e. The molecule has 0 saturated carbocycles. The molecule has 4 rings (SSSR count). The predicted octanol–water partition coefficient (Wildman–Crippen LogP) is 4.66. The number of para-hydroxylation sites is 1. The van der Waals surface area contributed by atoms with Gasteiger partial charge in [0.05, 0.1) is 27.3 Å². The molecule has 1 N–H and O–H groups in total. The highest BCUT2D eigenvalue weighted by molar-refractivity contribution is 9.11. The molecular formula is C21H15BrFNO3S. The van der Waals surface area contributed by atoms with Crippen molar-refractivity contribution in [1.29, 1.82) is 0 Å². The van der Waals surface area contributed by atoms with Crippen LogP contribution in [0.5, 0.6) is 0 Å². The SMILES string of the molecule is O=C(CC1(O)C(=O)N(Cc2cccc(F)c2)c2ccccc21)c1ccc(Br)s1. The summed E-state index contributed by atoms with van der Waals surface area (Å²) in [4.78, 5) is 27.7. The Morgan fingerprint density at radius 2 is 1.93 bits per heavy atom. The number of hydrogen-bond acceptors (Lipinski definition) is 4. The Balaban J connectivity index is 1.68. The number of carbonyl (C=O) groups is 2. The van der Waals surface area contributed by atoms with Gasteiger partial charge in [0.25, 0.3) is 5.91 Å². The Hall–Kier alpha value is -2.35. The van der Waals surface area contributed by atoms with E-state index in [0.29, 0.717) is 21.7 Å². The molecule has 0 bridgehead atoms. The molecule has 3 aromatic rings. The minimum absolute atomic E-state index is 0.106. The predicted molar refractivity (Wildman–Crippen MR) is 109 cm³/mol. The van der Waals surface area contributed by atoms with Crippen LogP contribution in [-0.2, 0) is 16.9 Å². The molecule has 7 heteroatoms. The van der Waals surface area contributed by atoms with E-state index in [-0.39, 0.29) is 18.7 Å². The molecule has 0 spiro atoms. The Kier molecular flexibility index (Phi) is 4.91. The lowest BCUT2D eigenvalue weighted by Crippen LogP contribution is -2.41. The van der Waals surface area contributed by atoms with Crippen LogP contribution in [0.4, 0.5) is 10.1 Å². The highest BCUT2D eigenvalue weighted by Gasteiger charge is 2.50. The minimum Gasteiger partial charge on any atom is -0.375 e. The van der Waals surface area contributed by atoms with Crippen LogP contribution in [0.25, 0.3) is 0 Å². The number of halogens is 2. The van der Waals surface area contributed by atoms with Gasteiger partial charge in [-0.15, -0.1) is 11.3 Å². The van der Waals surface area contributed by atoms with Crippen molar-refractivity contribution in [2.75, 3.05) is 4.90 Å². The maximum atomic E-state index is 13.5. The number of Topliss-reactive ketones (excluding diaryl/α,β-unsaturated/α-hetero) is 1. The zero-order chi connectivity index (χ0) is 19.9. The van der Waals surface area contributed by atoms with E-state index < -0.39 is 17.3 Å². The van der Waals surface area contributed by atoms with Crippen molar-refractivity contribution in [3.63, 3.8) is 0 Å². The maximum absolute atomic E-state index is 13.5. The first kappa shape index (κ1) is 19.0. The van der Waals surface area contributed by atoms with E-state index in [1.807, 2.05) is 0 Å². The van der Waals surface area contributed by atoms with E-state index >= 15 is 0 Å². The quantitative estimate of drug-likeness (QED) is 0.564. The van der Waals surface area contributed by atoms with Crippen LogP contribution in [-0.4, -0.2) is 16.8 Å². The van der Waals surface area contributed by atoms with Crippen LogP contribution in [0.3, 0.4) is 0 Å². The fraction of sp³-hybridized carbons (Fsp3) is 0.143. The van der Waals surface area contributed by atoms with Gasteiger partial charge in [-0.05, 0) is 51.8 Å². The summed E-state index contributed by atoms with van der Waals surface area (Å²) in [7, 11) is 0. The molecule has 1 aliphatic rings. The first-order valence-corrected chi connectivity index (χ1v) is 10.2. The maximum Gasteiger partial charge on any atom is 0.264 e. The van der Waals surface area contributed by atoms with E-state index in [0.717, 1.165) is 3.79 Å². The number of anilines is 1. The number of aliphatic hydroxyl groups is 1. The minimum atomic E-state index is -1.95. The van der Waals surface area contributed by atoms with Crippen molar-refractivity contribution in [2.45, 2.75) is 18.6 Å². The first-order valence-electron chi connectivity index (χ1n) is 8.55. The molecule has 28 heavy (non-hydrogen) atoms. The van der Waals surface area contributed by atoms with Crippen LogP contribution in [0.15, 0.2) is 64.5 Å². The zero-order valence-electron chi connectivity index (χ0n) is 14.6. The molecule has 0 radical (unpaired) electrons. The van der Waals surface area contributed by atoms with Crippen LogP contribution in [0.1, 0.15) is 27.2 Å². The number of rotatable bonds is 5. The zero-order valence-corrected chi connectivity index (χ0v) is 17.0. The van der Waals surface area contributed by atoms with E-state index in [2.05, 4.69) is 15.9 Å². The highest BCUT2D eigenvalue weighted by Crippen LogP contribution is 2.43. The summed E-state index contributed by atoms with van der Waals surface area (Å²) in [6.45, 7) is 0.106. The summed E-state index contributed by atoms with van der Waals surface area (Å²) in [5.74, 6) is -1.29. The largest absolute Gasteiger partial charge is 0.375 e. The lowest BCUT2D eigenvalue weighted by Gasteiger charge is -2.22. The summed E-state index contributed by atoms with van der Waals surface area (Å²) < 4.78 is 14.3. The van der Waals surface area contributed by atoms with Crippen molar-refractivity contribution in [3.8, 4) is 0 Å². The van der Waals surface area contributed by atoms with Crippen molar-refractivity contribution < 1.29 is 19.1 Å². The average Bonchev–Trinajstić information content (AvgIpc) is 3.19. The topological polar surface area (TPSA) is 57.6 Å². The number of nitrogens with zero attached hydrogens (tertiary/aromatic N) is 1. The van der Waals surface area contributed by atoms with Gasteiger partial charge in [0, 0.05) is 5.56 Å². The number of thiophene rings is 1. The van der Waals surface area contributed by atoms with Crippen molar-refractivity contribution in [1.82, 2.24) is 0 Å². The highest BCUT2D eigenvalue weighted by atomic mass is 79.9. The molecule has 4 nitrogen and oxygen atoms in total. The van der Waals surface area contributed by atoms with Crippen LogP contribution in [0.2, 0.25) is 0 Å². The van der Waals surface area contributed by atoms with Gasteiger partial charge in [0.2, 0.25) is 0 Å². The molecule has 1 aromatic heterocycles. The van der Waals surface area contributed by atoms with Gasteiger partial charge in [0.1, 0.15) is 5.82 Å². The fourth-order valence-corrected chi connectivity index (χ4v) is 4.76. The molecule has 2 heterocycles. The molecule has 1 amide bonds. The normalized spacial score (nSPS) is 18.4. The second kappa shape index (κ2) is 7.24. The molecule has 1 aliphatic heterocycles. The third-order valence-electron chi connectivity index (χ3n) is 4.73. The lowest BCUT2D eigenvalue weighted by molar-refractivity contribution is -0.136. The number of amides is 1. The monoisotopic (exact) mass is 459 g/mol. The molecule has 0 aliphatic carbocycles. The molecule has 142 valence electrons. The standard InChI is InChI=1S/C21H15BrFNO3S/c22-19-9-8-18(28-19)17(25)11-21(27)15-6-1-2-7-16(15)24(20(21)26)12-13-4-3-5-14(23)10-13/h1-10,27H,11-12H2. The number of fused-ring (bicyclic) bond motifs is 1.